The molecule has 0 aliphatic rings. The largest absolute Gasteiger partial charge is 0.492 e. The Morgan fingerprint density at radius 3 is 1.85 bits per heavy atom. The summed E-state index contributed by atoms with van der Waals surface area (Å²) in [5.74, 6) is 0.426. The lowest BCUT2D eigenvalue weighted by atomic mass is 10.1. The van der Waals surface area contributed by atoms with Gasteiger partial charge in [0.05, 0.1) is 16.0 Å². The molecule has 0 fully saturated rings. The number of hydrogen-bond donors (Lipinski definition) is 1. The van der Waals surface area contributed by atoms with E-state index in [2.05, 4.69) is 0 Å². The van der Waals surface area contributed by atoms with Crippen LogP contribution in [0.4, 0.5) is 26.3 Å². The molecule has 0 saturated heterocycles. The van der Waals surface area contributed by atoms with Crippen LogP contribution in [0.25, 0.3) is 0 Å². The second-order valence-corrected chi connectivity index (χ2v) is 7.07. The number of sulfonamides is 1. The predicted octanol–water partition coefficient (Wildman–Crippen LogP) is 4.08. The summed E-state index contributed by atoms with van der Waals surface area (Å²) in [6.45, 7) is -0.525. The number of ether oxygens (including phenoxy) is 1. The Kier molecular flexibility index (Phi) is 6.05. The molecule has 0 unspecified atom stereocenters. The third-order valence-electron chi connectivity index (χ3n) is 3.28. The lowest BCUT2D eigenvalue weighted by molar-refractivity contribution is -0.143. The van der Waals surface area contributed by atoms with Gasteiger partial charge in [-0.1, -0.05) is 18.2 Å². The van der Waals surface area contributed by atoms with E-state index in [1.54, 1.807) is 30.3 Å². The lowest BCUT2D eigenvalue weighted by Crippen LogP contribution is -2.29. The van der Waals surface area contributed by atoms with Crippen LogP contribution in [-0.2, 0) is 22.4 Å². The molecule has 0 saturated carbocycles. The molecular weight excluding hydrogens is 400 g/mol. The van der Waals surface area contributed by atoms with Crippen molar-refractivity contribution in [3.63, 3.8) is 0 Å². The molecule has 148 valence electrons. The molecule has 0 aliphatic heterocycles. The van der Waals surface area contributed by atoms with Gasteiger partial charge in [-0.25, -0.2) is 13.1 Å². The van der Waals surface area contributed by atoms with Crippen molar-refractivity contribution in [2.24, 2.45) is 0 Å². The Hall–Kier alpha value is -2.27. The topological polar surface area (TPSA) is 55.4 Å². The minimum atomic E-state index is -5.14. The van der Waals surface area contributed by atoms with Crippen molar-refractivity contribution in [3.8, 4) is 5.75 Å². The number of alkyl halides is 6. The highest BCUT2D eigenvalue weighted by Crippen LogP contribution is 2.37. The fourth-order valence-corrected chi connectivity index (χ4v) is 3.11. The van der Waals surface area contributed by atoms with Gasteiger partial charge in [0.2, 0.25) is 10.0 Å². The minimum absolute atomic E-state index is 0.141. The molecule has 0 aromatic heterocycles. The zero-order valence-corrected chi connectivity index (χ0v) is 14.3. The lowest BCUT2D eigenvalue weighted by Gasteiger charge is -2.15. The standard InChI is InChI=1S/C16H13F6NO3S/c17-15(18,19)11-8-12(16(20,21)22)10-14(9-11)27(24,25)23-6-7-26-13-4-2-1-3-5-13/h1-5,8-10,23H,6-7H2. The Morgan fingerprint density at radius 1 is 0.852 bits per heavy atom. The van der Waals surface area contributed by atoms with Gasteiger partial charge in [0.25, 0.3) is 0 Å². The van der Waals surface area contributed by atoms with E-state index < -0.39 is 38.4 Å². The molecule has 2 rings (SSSR count). The first kappa shape index (κ1) is 21.0. The van der Waals surface area contributed by atoms with Gasteiger partial charge in [0.1, 0.15) is 12.4 Å². The maximum absolute atomic E-state index is 12.8. The van der Waals surface area contributed by atoms with Gasteiger partial charge >= 0.3 is 12.4 Å². The van der Waals surface area contributed by atoms with Crippen LogP contribution in [0.1, 0.15) is 11.1 Å². The Morgan fingerprint density at radius 2 is 1.37 bits per heavy atom. The second-order valence-electron chi connectivity index (χ2n) is 5.30. The maximum Gasteiger partial charge on any atom is 0.416 e. The van der Waals surface area contributed by atoms with E-state index >= 15 is 0 Å². The van der Waals surface area contributed by atoms with E-state index in [1.165, 1.54) is 0 Å². The number of halogens is 6. The van der Waals surface area contributed by atoms with Crippen molar-refractivity contribution in [1.82, 2.24) is 4.72 Å². The first-order chi connectivity index (χ1) is 12.4. The summed E-state index contributed by atoms with van der Waals surface area (Å²) >= 11 is 0. The molecular formula is C16H13F6NO3S. The van der Waals surface area contributed by atoms with Gasteiger partial charge in [0.15, 0.2) is 0 Å². The smallest absolute Gasteiger partial charge is 0.416 e. The average molecular weight is 413 g/mol. The molecule has 2 aromatic rings. The van der Waals surface area contributed by atoms with E-state index in [0.717, 1.165) is 0 Å². The average Bonchev–Trinajstić information content (AvgIpc) is 2.58. The van der Waals surface area contributed by atoms with Crippen LogP contribution in [0.3, 0.4) is 0 Å². The van der Waals surface area contributed by atoms with Crippen LogP contribution >= 0.6 is 0 Å². The zero-order chi connectivity index (χ0) is 20.3. The molecule has 2 aromatic carbocycles. The van der Waals surface area contributed by atoms with Gasteiger partial charge in [-0.2, -0.15) is 26.3 Å². The van der Waals surface area contributed by atoms with Crippen molar-refractivity contribution < 1.29 is 39.5 Å². The Bertz CT molecular complexity index is 847. The molecule has 4 nitrogen and oxygen atoms in total. The van der Waals surface area contributed by atoms with Crippen molar-refractivity contribution >= 4 is 10.0 Å². The monoisotopic (exact) mass is 413 g/mol. The summed E-state index contributed by atoms with van der Waals surface area (Å²) in [4.78, 5) is -1.13. The molecule has 0 atom stereocenters. The molecule has 11 heteroatoms. The Labute approximate surface area is 150 Å². The van der Waals surface area contributed by atoms with E-state index in [0.29, 0.717) is 5.75 Å². The quantitative estimate of drug-likeness (QED) is 0.574. The molecule has 0 amide bonds. The normalized spacial score (nSPS) is 12.8. The predicted molar refractivity (Wildman–Crippen MR) is 83.6 cm³/mol. The van der Waals surface area contributed by atoms with Crippen molar-refractivity contribution in [1.29, 1.82) is 0 Å². The third kappa shape index (κ3) is 5.86. The molecule has 0 radical (unpaired) electrons. The molecule has 1 N–H and O–H groups in total. The Balaban J connectivity index is 2.18. The molecule has 0 heterocycles. The fraction of sp³-hybridized carbons (Fsp3) is 0.250. The highest BCUT2D eigenvalue weighted by atomic mass is 32.2. The third-order valence-corrected chi connectivity index (χ3v) is 4.72. The van der Waals surface area contributed by atoms with Crippen LogP contribution in [-0.4, -0.2) is 21.6 Å². The van der Waals surface area contributed by atoms with Gasteiger partial charge in [-0.05, 0) is 30.3 Å². The van der Waals surface area contributed by atoms with Crippen LogP contribution < -0.4 is 9.46 Å². The summed E-state index contributed by atoms with van der Waals surface area (Å²) in [5, 5.41) is 0. The number of benzene rings is 2. The van der Waals surface area contributed by atoms with Crippen molar-refractivity contribution in [2.75, 3.05) is 13.2 Å². The van der Waals surface area contributed by atoms with Crippen LogP contribution in [0, 0.1) is 0 Å². The summed E-state index contributed by atoms with van der Waals surface area (Å²) < 4.78 is 108. The second kappa shape index (κ2) is 7.77. The molecule has 0 aliphatic carbocycles. The van der Waals surface area contributed by atoms with Crippen LogP contribution in [0.5, 0.6) is 5.75 Å². The number of para-hydroxylation sites is 1. The molecule has 0 bridgehead atoms. The summed E-state index contributed by atoms with van der Waals surface area (Å²) in [7, 11) is -4.61. The van der Waals surface area contributed by atoms with Crippen molar-refractivity contribution in [3.05, 3.63) is 59.7 Å². The highest BCUT2D eigenvalue weighted by molar-refractivity contribution is 7.89. The summed E-state index contributed by atoms with van der Waals surface area (Å²) in [6.07, 6.45) is -10.3. The molecule has 27 heavy (non-hydrogen) atoms. The number of hydrogen-bond acceptors (Lipinski definition) is 3. The van der Waals surface area contributed by atoms with E-state index in [-0.39, 0.29) is 31.4 Å². The van der Waals surface area contributed by atoms with Gasteiger partial charge in [-0.3, -0.25) is 0 Å². The van der Waals surface area contributed by atoms with Crippen LogP contribution in [0.2, 0.25) is 0 Å². The van der Waals surface area contributed by atoms with Gasteiger partial charge in [0, 0.05) is 6.54 Å². The SMILES string of the molecule is O=S(=O)(NCCOc1ccccc1)c1cc(C(F)(F)F)cc(C(F)(F)F)c1. The van der Waals surface area contributed by atoms with Crippen molar-refractivity contribution in [2.45, 2.75) is 17.2 Å². The van der Waals surface area contributed by atoms with E-state index in [9.17, 15) is 34.8 Å². The maximum atomic E-state index is 12.8. The number of nitrogens with one attached hydrogen (secondary N) is 1. The minimum Gasteiger partial charge on any atom is -0.492 e. The van der Waals surface area contributed by atoms with Gasteiger partial charge < -0.3 is 4.74 Å². The van der Waals surface area contributed by atoms with Gasteiger partial charge in [-0.15, -0.1) is 0 Å². The first-order valence-electron chi connectivity index (χ1n) is 7.36. The highest BCUT2D eigenvalue weighted by Gasteiger charge is 2.38. The molecule has 0 spiro atoms. The zero-order valence-electron chi connectivity index (χ0n) is 13.4. The van der Waals surface area contributed by atoms with E-state index in [1.807, 2.05) is 4.72 Å². The fourth-order valence-electron chi connectivity index (χ4n) is 2.03. The summed E-state index contributed by atoms with van der Waals surface area (Å²) in [5.41, 5.74) is -3.42. The first-order valence-corrected chi connectivity index (χ1v) is 8.85. The number of rotatable bonds is 6. The van der Waals surface area contributed by atoms with E-state index in [4.69, 9.17) is 4.74 Å². The van der Waals surface area contributed by atoms with Crippen LogP contribution in [0.15, 0.2) is 53.4 Å². The summed E-state index contributed by atoms with van der Waals surface area (Å²) in [6, 6.07) is 8.40.